The van der Waals surface area contributed by atoms with E-state index in [0.717, 1.165) is 9.31 Å². The fraction of sp³-hybridized carbons (Fsp3) is 0.667. The summed E-state index contributed by atoms with van der Waals surface area (Å²) in [6.45, 7) is 4.19. The van der Waals surface area contributed by atoms with Crippen LogP contribution in [0.4, 0.5) is 0 Å². The van der Waals surface area contributed by atoms with E-state index < -0.39 is 0 Å². The number of rotatable bonds is 0. The van der Waals surface area contributed by atoms with E-state index in [4.69, 9.17) is 24.4 Å². The molecule has 4 heteroatoms. The molecule has 1 fully saturated rings. The zero-order valence-corrected chi connectivity index (χ0v) is 8.62. The Balaban J connectivity index is 2.92. The van der Waals surface area contributed by atoms with Gasteiger partial charge < -0.3 is 4.90 Å². The summed E-state index contributed by atoms with van der Waals surface area (Å²) < 4.78 is 0.913. The van der Waals surface area contributed by atoms with Crippen LogP contribution in [-0.2, 0) is 0 Å². The molecule has 1 saturated heterocycles. The van der Waals surface area contributed by atoms with Crippen LogP contribution in [0.2, 0.25) is 0 Å². The largest absolute Gasteiger partial charge is 0.324 e. The zero-order valence-electron chi connectivity index (χ0n) is 6.17. The van der Waals surface area contributed by atoms with Gasteiger partial charge >= 0.3 is 0 Å². The van der Waals surface area contributed by atoms with E-state index >= 15 is 0 Å². The Morgan fingerprint density at radius 1 is 1.40 bits per heavy atom. The lowest BCUT2D eigenvalue weighted by Crippen LogP contribution is -2.30. The molecular weight excluding hydrogens is 182 g/mol. The third kappa shape index (κ3) is 1.20. The maximum absolute atomic E-state index is 5.17. The maximum Gasteiger partial charge on any atom is 0.141 e. The summed E-state index contributed by atoms with van der Waals surface area (Å²) >= 11 is 11.9. The Kier molecular flexibility index (Phi) is 2.05. The molecular formula is C6H9NS3. The van der Waals surface area contributed by atoms with Gasteiger partial charge in [-0.25, -0.2) is 0 Å². The van der Waals surface area contributed by atoms with Crippen LogP contribution in [0.25, 0.3) is 0 Å². The Labute approximate surface area is 76.2 Å². The van der Waals surface area contributed by atoms with Crippen molar-refractivity contribution in [2.24, 2.45) is 0 Å². The molecule has 0 aromatic rings. The summed E-state index contributed by atoms with van der Waals surface area (Å²) in [5.74, 6) is 0. The molecule has 0 aromatic carbocycles. The van der Waals surface area contributed by atoms with Gasteiger partial charge in [-0.3, -0.25) is 0 Å². The molecule has 0 atom stereocenters. The Morgan fingerprint density at radius 2 is 1.90 bits per heavy atom. The van der Waals surface area contributed by atoms with E-state index in [1.165, 1.54) is 0 Å². The van der Waals surface area contributed by atoms with Crippen LogP contribution in [0, 0.1) is 0 Å². The number of thioether (sulfide) groups is 1. The predicted molar refractivity (Wildman–Crippen MR) is 54.6 cm³/mol. The number of nitrogens with zero attached hydrogens (tertiary/aromatic N) is 1. The second kappa shape index (κ2) is 2.43. The van der Waals surface area contributed by atoms with Gasteiger partial charge in [-0.05, 0) is 13.8 Å². The van der Waals surface area contributed by atoms with Crippen LogP contribution in [0.15, 0.2) is 0 Å². The van der Waals surface area contributed by atoms with Gasteiger partial charge in [-0.2, -0.15) is 0 Å². The highest BCUT2D eigenvalue weighted by Crippen LogP contribution is 2.36. The highest BCUT2D eigenvalue weighted by atomic mass is 32.2. The van der Waals surface area contributed by atoms with Gasteiger partial charge in [0.25, 0.3) is 0 Å². The highest BCUT2D eigenvalue weighted by molar-refractivity contribution is 8.25. The van der Waals surface area contributed by atoms with Crippen molar-refractivity contribution in [2.75, 3.05) is 7.05 Å². The minimum atomic E-state index is 0.0289. The molecule has 56 valence electrons. The molecule has 1 rings (SSSR count). The monoisotopic (exact) mass is 191 g/mol. The normalized spacial score (nSPS) is 24.1. The molecule has 0 N–H and O–H groups in total. The standard InChI is InChI=1S/C6H9NS3/c1-6(2)4(8)7(3)5(9)10-6/h1-3H3. The third-order valence-corrected chi connectivity index (χ3v) is 4.03. The molecule has 0 aromatic heterocycles. The number of hydrogen-bond donors (Lipinski definition) is 0. The van der Waals surface area contributed by atoms with Crippen LogP contribution in [-0.4, -0.2) is 26.0 Å². The van der Waals surface area contributed by atoms with Crippen LogP contribution in [0.3, 0.4) is 0 Å². The van der Waals surface area contributed by atoms with Gasteiger partial charge in [-0.15, -0.1) is 0 Å². The first-order chi connectivity index (χ1) is 4.45. The van der Waals surface area contributed by atoms with Crippen molar-refractivity contribution >= 4 is 45.5 Å². The van der Waals surface area contributed by atoms with E-state index in [2.05, 4.69) is 13.8 Å². The van der Waals surface area contributed by atoms with Crippen molar-refractivity contribution in [2.45, 2.75) is 18.6 Å². The number of hydrogen-bond acceptors (Lipinski definition) is 3. The van der Waals surface area contributed by atoms with Crippen LogP contribution in [0.1, 0.15) is 13.8 Å². The molecule has 0 unspecified atom stereocenters. The van der Waals surface area contributed by atoms with Gasteiger partial charge in [0.1, 0.15) is 4.32 Å². The second-order valence-electron chi connectivity index (χ2n) is 2.74. The summed E-state index contributed by atoms with van der Waals surface area (Å²) in [4.78, 5) is 2.83. The fourth-order valence-electron chi connectivity index (χ4n) is 0.817. The average Bonchev–Trinajstić information content (AvgIpc) is 1.95. The molecule has 1 heterocycles. The fourth-order valence-corrected chi connectivity index (χ4v) is 2.75. The smallest absolute Gasteiger partial charge is 0.141 e. The van der Waals surface area contributed by atoms with Gasteiger partial charge in [0.2, 0.25) is 0 Å². The van der Waals surface area contributed by atoms with Gasteiger partial charge in [0.05, 0.1) is 9.74 Å². The first kappa shape index (κ1) is 8.43. The molecule has 0 spiro atoms. The Bertz CT molecular complexity index is 197. The molecule has 1 nitrogen and oxygen atoms in total. The Hall–Kier alpha value is 0.330. The van der Waals surface area contributed by atoms with Crippen molar-refractivity contribution in [3.05, 3.63) is 0 Å². The van der Waals surface area contributed by atoms with Gasteiger partial charge in [0.15, 0.2) is 0 Å². The van der Waals surface area contributed by atoms with E-state index in [0.29, 0.717) is 0 Å². The van der Waals surface area contributed by atoms with E-state index in [-0.39, 0.29) is 4.75 Å². The lowest BCUT2D eigenvalue weighted by atomic mass is 10.2. The van der Waals surface area contributed by atoms with Crippen LogP contribution < -0.4 is 0 Å². The molecule has 0 bridgehead atoms. The SMILES string of the molecule is CN1C(=S)SC(C)(C)C1=S. The van der Waals surface area contributed by atoms with E-state index in [9.17, 15) is 0 Å². The van der Waals surface area contributed by atoms with E-state index in [1.54, 1.807) is 11.8 Å². The second-order valence-corrected chi connectivity index (χ2v) is 5.39. The van der Waals surface area contributed by atoms with Crippen molar-refractivity contribution in [3.8, 4) is 0 Å². The third-order valence-electron chi connectivity index (χ3n) is 1.44. The summed E-state index contributed by atoms with van der Waals surface area (Å²) in [7, 11) is 1.92. The van der Waals surface area contributed by atoms with Gasteiger partial charge in [0, 0.05) is 7.05 Å². The van der Waals surface area contributed by atoms with Gasteiger partial charge in [-0.1, -0.05) is 36.2 Å². The molecule has 0 aliphatic carbocycles. The van der Waals surface area contributed by atoms with E-state index in [1.807, 2.05) is 11.9 Å². The van der Waals surface area contributed by atoms with Crippen LogP contribution in [0.5, 0.6) is 0 Å². The quantitative estimate of drug-likeness (QED) is 0.539. The molecule has 0 amide bonds. The average molecular weight is 191 g/mol. The maximum atomic E-state index is 5.17. The molecule has 1 aliphatic heterocycles. The first-order valence-corrected chi connectivity index (χ1v) is 4.59. The number of thiocarbonyl (C=S) groups is 2. The lowest BCUT2D eigenvalue weighted by Gasteiger charge is -2.15. The van der Waals surface area contributed by atoms with Crippen molar-refractivity contribution in [1.82, 2.24) is 4.90 Å². The zero-order chi connectivity index (χ0) is 7.94. The summed E-state index contributed by atoms with van der Waals surface area (Å²) in [6, 6.07) is 0. The topological polar surface area (TPSA) is 3.24 Å². The predicted octanol–water partition coefficient (Wildman–Crippen LogP) is 2.06. The van der Waals surface area contributed by atoms with Crippen molar-refractivity contribution in [1.29, 1.82) is 0 Å². The molecule has 1 aliphatic rings. The summed E-state index contributed by atoms with van der Waals surface area (Å²) in [5.41, 5.74) is 0. The minimum absolute atomic E-state index is 0.0289. The minimum Gasteiger partial charge on any atom is -0.324 e. The summed E-state index contributed by atoms with van der Waals surface area (Å²) in [5, 5.41) is 0. The Morgan fingerprint density at radius 3 is 2.00 bits per heavy atom. The highest BCUT2D eigenvalue weighted by Gasteiger charge is 2.37. The molecule has 10 heavy (non-hydrogen) atoms. The first-order valence-electron chi connectivity index (χ1n) is 2.96. The van der Waals surface area contributed by atoms with Crippen molar-refractivity contribution < 1.29 is 0 Å². The van der Waals surface area contributed by atoms with Crippen molar-refractivity contribution in [3.63, 3.8) is 0 Å². The summed E-state index contributed by atoms with van der Waals surface area (Å²) in [6.07, 6.45) is 0. The molecule has 0 saturated carbocycles. The molecule has 0 radical (unpaired) electrons. The lowest BCUT2D eigenvalue weighted by molar-refractivity contribution is 0.757. The van der Waals surface area contributed by atoms with Crippen LogP contribution >= 0.6 is 36.2 Å².